The van der Waals surface area contributed by atoms with E-state index >= 15 is 0 Å². The van der Waals surface area contributed by atoms with Crippen molar-refractivity contribution in [3.8, 4) is 0 Å². The number of hydrogen-bond donors (Lipinski definition) is 3. The van der Waals surface area contributed by atoms with Gasteiger partial charge >= 0.3 is 5.69 Å². The molecule has 0 aliphatic carbocycles. The highest BCUT2D eigenvalue weighted by Crippen LogP contribution is 2.23. The molecule has 3 aromatic rings. The summed E-state index contributed by atoms with van der Waals surface area (Å²) in [7, 11) is 0. The van der Waals surface area contributed by atoms with Crippen LogP contribution in [0.4, 0.5) is 4.39 Å². The molecule has 0 saturated heterocycles. The molecule has 3 N–H and O–H groups in total. The number of aliphatic hydroxyl groups excluding tert-OH is 1. The molecule has 0 amide bonds. The van der Waals surface area contributed by atoms with Crippen molar-refractivity contribution in [2.75, 3.05) is 0 Å². The Morgan fingerprint density at radius 2 is 2.09 bits per heavy atom. The molecule has 23 heavy (non-hydrogen) atoms. The molecule has 0 spiro atoms. The van der Waals surface area contributed by atoms with Gasteiger partial charge in [-0.25, -0.2) is 13.9 Å². The topological polar surface area (TPSA) is 104 Å². The summed E-state index contributed by atoms with van der Waals surface area (Å²) >= 11 is 0. The monoisotopic (exact) mass is 318 g/mol. The van der Waals surface area contributed by atoms with Crippen LogP contribution in [0.2, 0.25) is 0 Å². The van der Waals surface area contributed by atoms with E-state index in [1.165, 1.54) is 10.7 Å². The van der Waals surface area contributed by atoms with E-state index in [1.807, 2.05) is 0 Å². The van der Waals surface area contributed by atoms with Crippen molar-refractivity contribution in [2.45, 2.75) is 26.5 Å². The average molecular weight is 318 g/mol. The molecule has 120 valence electrons. The molecule has 3 rings (SSSR count). The molecule has 0 unspecified atom stereocenters. The van der Waals surface area contributed by atoms with Crippen molar-refractivity contribution < 1.29 is 9.50 Å². The lowest BCUT2D eigenvalue weighted by molar-refractivity contribution is 0.276. The number of nitrogens with one attached hydrogen (secondary N) is 2. The number of aromatic nitrogens is 4. The van der Waals surface area contributed by atoms with Gasteiger partial charge in [-0.05, 0) is 31.0 Å². The second kappa shape index (κ2) is 5.47. The Kier molecular flexibility index (Phi) is 3.61. The zero-order valence-corrected chi connectivity index (χ0v) is 12.6. The molecule has 0 bridgehead atoms. The predicted molar refractivity (Wildman–Crippen MR) is 81.8 cm³/mol. The summed E-state index contributed by atoms with van der Waals surface area (Å²) in [6.45, 7) is 2.97. The SMILES string of the molecule is Cc1ccc([C@@H](C)n2nc(CO)c3c(=O)[nH]c(=O)[nH]c32)cc1F. The van der Waals surface area contributed by atoms with Gasteiger partial charge in [0.1, 0.15) is 22.5 Å². The van der Waals surface area contributed by atoms with Crippen LogP contribution in [0.15, 0.2) is 27.8 Å². The van der Waals surface area contributed by atoms with E-state index in [0.29, 0.717) is 11.1 Å². The molecule has 8 heteroatoms. The smallest absolute Gasteiger partial charge is 0.327 e. The number of aliphatic hydroxyl groups is 1. The molecule has 1 aromatic carbocycles. The van der Waals surface area contributed by atoms with Crippen molar-refractivity contribution in [3.63, 3.8) is 0 Å². The maximum absolute atomic E-state index is 13.8. The molecule has 1 atom stereocenters. The van der Waals surface area contributed by atoms with Crippen LogP contribution in [0, 0.1) is 12.7 Å². The minimum absolute atomic E-state index is 0.117. The number of H-pyrrole nitrogens is 2. The van der Waals surface area contributed by atoms with Crippen molar-refractivity contribution in [1.29, 1.82) is 0 Å². The van der Waals surface area contributed by atoms with Crippen LogP contribution in [0.3, 0.4) is 0 Å². The number of nitrogens with zero attached hydrogens (tertiary/aromatic N) is 2. The quantitative estimate of drug-likeness (QED) is 0.669. The van der Waals surface area contributed by atoms with E-state index in [4.69, 9.17) is 0 Å². The highest BCUT2D eigenvalue weighted by molar-refractivity contribution is 5.77. The van der Waals surface area contributed by atoms with Crippen molar-refractivity contribution >= 4 is 11.0 Å². The second-order valence-electron chi connectivity index (χ2n) is 5.37. The van der Waals surface area contributed by atoms with Gasteiger partial charge in [-0.2, -0.15) is 5.10 Å². The van der Waals surface area contributed by atoms with Crippen LogP contribution in [0.5, 0.6) is 0 Å². The van der Waals surface area contributed by atoms with E-state index in [1.54, 1.807) is 26.0 Å². The first-order valence-corrected chi connectivity index (χ1v) is 7.03. The lowest BCUT2D eigenvalue weighted by atomic mass is 10.1. The molecule has 0 radical (unpaired) electrons. The minimum atomic E-state index is -0.671. The third-order valence-electron chi connectivity index (χ3n) is 3.86. The van der Waals surface area contributed by atoms with Crippen LogP contribution in [0.1, 0.15) is 29.8 Å². The fourth-order valence-corrected chi connectivity index (χ4v) is 2.55. The first-order chi connectivity index (χ1) is 10.9. The molecule has 7 nitrogen and oxygen atoms in total. The van der Waals surface area contributed by atoms with Gasteiger partial charge in [0.2, 0.25) is 0 Å². The van der Waals surface area contributed by atoms with Crippen LogP contribution < -0.4 is 11.2 Å². The number of aromatic amines is 2. The Balaban J connectivity index is 2.25. The summed E-state index contributed by atoms with van der Waals surface area (Å²) in [5.41, 5.74) is 0.195. The van der Waals surface area contributed by atoms with Crippen molar-refractivity contribution in [3.05, 3.63) is 61.7 Å². The first-order valence-electron chi connectivity index (χ1n) is 7.03. The van der Waals surface area contributed by atoms with Gasteiger partial charge in [0.15, 0.2) is 0 Å². The standard InChI is InChI=1S/C15H15FN4O3/c1-7-3-4-9(5-10(7)16)8(2)20-13-12(11(6-21)19-20)14(22)18-15(23)17-13/h3-5,8,21H,6H2,1-2H3,(H2,17,18,22,23)/t8-/m1/s1. The summed E-state index contributed by atoms with van der Waals surface area (Å²) < 4.78 is 15.2. The first kappa shape index (κ1) is 15.2. The van der Waals surface area contributed by atoms with E-state index in [0.717, 1.165) is 0 Å². The van der Waals surface area contributed by atoms with Gasteiger partial charge < -0.3 is 5.11 Å². The van der Waals surface area contributed by atoms with Gasteiger partial charge in [0, 0.05) is 0 Å². The Morgan fingerprint density at radius 3 is 2.74 bits per heavy atom. The van der Waals surface area contributed by atoms with Crippen LogP contribution >= 0.6 is 0 Å². The number of aryl methyl sites for hydroxylation is 1. The molecule has 2 aromatic heterocycles. The Morgan fingerprint density at radius 1 is 1.35 bits per heavy atom. The molecular formula is C15H15FN4O3. The molecule has 2 heterocycles. The molecular weight excluding hydrogens is 303 g/mol. The van der Waals surface area contributed by atoms with E-state index < -0.39 is 23.9 Å². The fraction of sp³-hybridized carbons (Fsp3) is 0.267. The maximum atomic E-state index is 13.8. The highest BCUT2D eigenvalue weighted by Gasteiger charge is 2.19. The number of rotatable bonds is 3. The normalized spacial score (nSPS) is 12.7. The number of benzene rings is 1. The third-order valence-corrected chi connectivity index (χ3v) is 3.86. The summed E-state index contributed by atoms with van der Waals surface area (Å²) in [6, 6.07) is 4.35. The zero-order valence-electron chi connectivity index (χ0n) is 12.6. The van der Waals surface area contributed by atoms with Crippen LogP contribution in [-0.4, -0.2) is 24.9 Å². The molecule has 0 fully saturated rings. The molecule has 0 aliphatic heterocycles. The van der Waals surface area contributed by atoms with Gasteiger partial charge in [0.25, 0.3) is 5.56 Å². The zero-order chi connectivity index (χ0) is 16.7. The minimum Gasteiger partial charge on any atom is -0.390 e. The van der Waals surface area contributed by atoms with Gasteiger partial charge in [-0.15, -0.1) is 0 Å². The van der Waals surface area contributed by atoms with Crippen molar-refractivity contribution in [2.24, 2.45) is 0 Å². The summed E-state index contributed by atoms with van der Waals surface area (Å²) in [6.07, 6.45) is 0. The maximum Gasteiger partial charge on any atom is 0.327 e. The van der Waals surface area contributed by atoms with Gasteiger partial charge in [0.05, 0.1) is 12.6 Å². The molecule has 0 aliphatic rings. The van der Waals surface area contributed by atoms with Crippen LogP contribution in [0.25, 0.3) is 11.0 Å². The lowest BCUT2D eigenvalue weighted by Crippen LogP contribution is -2.23. The number of hydrogen-bond acceptors (Lipinski definition) is 4. The number of halogens is 1. The lowest BCUT2D eigenvalue weighted by Gasteiger charge is -2.14. The Labute approximate surface area is 129 Å². The van der Waals surface area contributed by atoms with Crippen molar-refractivity contribution in [1.82, 2.24) is 19.7 Å². The Hall–Kier alpha value is -2.74. The van der Waals surface area contributed by atoms with Crippen LogP contribution in [-0.2, 0) is 6.61 Å². The highest BCUT2D eigenvalue weighted by atomic mass is 19.1. The van der Waals surface area contributed by atoms with E-state index in [9.17, 15) is 19.1 Å². The third kappa shape index (κ3) is 2.46. The fourth-order valence-electron chi connectivity index (χ4n) is 2.55. The summed E-state index contributed by atoms with van der Waals surface area (Å²) in [4.78, 5) is 28.1. The summed E-state index contributed by atoms with van der Waals surface area (Å²) in [5.74, 6) is -0.348. The number of fused-ring (bicyclic) bond motifs is 1. The van der Waals surface area contributed by atoms with E-state index in [2.05, 4.69) is 15.1 Å². The predicted octanol–water partition coefficient (Wildman–Crippen LogP) is 0.962. The van der Waals surface area contributed by atoms with E-state index in [-0.39, 0.29) is 22.5 Å². The average Bonchev–Trinajstić information content (AvgIpc) is 2.88. The largest absolute Gasteiger partial charge is 0.390 e. The summed E-state index contributed by atoms with van der Waals surface area (Å²) in [5, 5.41) is 13.7. The molecule has 0 saturated carbocycles. The Bertz CT molecular complexity index is 1000. The van der Waals surface area contributed by atoms with Gasteiger partial charge in [-0.3, -0.25) is 14.8 Å². The van der Waals surface area contributed by atoms with Gasteiger partial charge in [-0.1, -0.05) is 12.1 Å². The second-order valence-corrected chi connectivity index (χ2v) is 5.37.